The van der Waals surface area contributed by atoms with Crippen molar-refractivity contribution in [3.63, 3.8) is 0 Å². The molecular weight excluding hydrogens is 370 g/mol. The van der Waals surface area contributed by atoms with Gasteiger partial charge in [-0.3, -0.25) is 9.78 Å². The van der Waals surface area contributed by atoms with Gasteiger partial charge in [0, 0.05) is 29.1 Å². The van der Waals surface area contributed by atoms with Gasteiger partial charge >= 0.3 is 0 Å². The van der Waals surface area contributed by atoms with Crippen molar-refractivity contribution in [2.75, 3.05) is 19.8 Å². The Kier molecular flexibility index (Phi) is 4.30. The van der Waals surface area contributed by atoms with Gasteiger partial charge in [-0.1, -0.05) is 12.1 Å². The molecule has 1 fully saturated rings. The molecule has 5 nitrogen and oxygen atoms in total. The van der Waals surface area contributed by atoms with Gasteiger partial charge in [-0.25, -0.2) is 4.98 Å². The number of hydrogen-bond acceptors (Lipinski definition) is 5. The maximum Gasteiger partial charge on any atom is 0.264 e. The smallest absolute Gasteiger partial charge is 0.264 e. The Bertz CT molecular complexity index is 1190. The fraction of sp³-hybridized carbons (Fsp3) is 0.227. The number of morpholine rings is 1. The summed E-state index contributed by atoms with van der Waals surface area (Å²) in [5.74, 6) is 0.0668. The molecule has 3 aromatic heterocycles. The Balaban J connectivity index is 1.50. The van der Waals surface area contributed by atoms with Crippen LogP contribution < -0.4 is 0 Å². The Morgan fingerprint density at radius 3 is 3.00 bits per heavy atom. The molecule has 1 unspecified atom stereocenters. The van der Waals surface area contributed by atoms with Crippen LogP contribution in [0.5, 0.6) is 0 Å². The molecule has 4 aromatic rings. The highest BCUT2D eigenvalue weighted by molar-refractivity contribution is 7.20. The molecule has 0 N–H and O–H groups in total. The molecule has 1 aliphatic rings. The summed E-state index contributed by atoms with van der Waals surface area (Å²) in [6.07, 6.45) is 1.80. The molecule has 0 bridgehead atoms. The lowest BCUT2D eigenvalue weighted by atomic mass is 10.1. The van der Waals surface area contributed by atoms with Gasteiger partial charge in [0.15, 0.2) is 0 Å². The minimum absolute atomic E-state index is 0.0668. The number of aromatic nitrogens is 2. The van der Waals surface area contributed by atoms with E-state index in [0.717, 1.165) is 37.3 Å². The van der Waals surface area contributed by atoms with Crippen molar-refractivity contribution in [1.82, 2.24) is 14.9 Å². The van der Waals surface area contributed by atoms with Gasteiger partial charge in [0.1, 0.15) is 4.83 Å². The van der Waals surface area contributed by atoms with Crippen molar-refractivity contribution in [2.24, 2.45) is 0 Å². The van der Waals surface area contributed by atoms with Crippen molar-refractivity contribution < 1.29 is 9.53 Å². The quantitative estimate of drug-likeness (QED) is 0.511. The van der Waals surface area contributed by atoms with Gasteiger partial charge in [-0.15, -0.1) is 11.3 Å². The summed E-state index contributed by atoms with van der Waals surface area (Å²) in [7, 11) is 0. The van der Waals surface area contributed by atoms with Crippen LogP contribution in [0.4, 0.5) is 0 Å². The van der Waals surface area contributed by atoms with Crippen molar-refractivity contribution >= 4 is 38.4 Å². The first-order valence-corrected chi connectivity index (χ1v) is 10.2. The third kappa shape index (κ3) is 3.04. The number of rotatable bonds is 2. The maximum atomic E-state index is 12.9. The number of benzene rings is 1. The van der Waals surface area contributed by atoms with E-state index in [-0.39, 0.29) is 11.9 Å². The fourth-order valence-corrected chi connectivity index (χ4v) is 4.58. The van der Waals surface area contributed by atoms with E-state index < -0.39 is 0 Å². The van der Waals surface area contributed by atoms with Crippen molar-refractivity contribution in [3.05, 3.63) is 59.6 Å². The highest BCUT2D eigenvalue weighted by Gasteiger charge is 2.26. The molecule has 1 aromatic carbocycles. The molecule has 28 heavy (non-hydrogen) atoms. The average molecular weight is 389 g/mol. The number of nitrogens with zero attached hydrogens (tertiary/aromatic N) is 3. The van der Waals surface area contributed by atoms with E-state index >= 15 is 0 Å². The van der Waals surface area contributed by atoms with Gasteiger partial charge in [-0.05, 0) is 43.3 Å². The van der Waals surface area contributed by atoms with E-state index in [1.807, 2.05) is 48.2 Å². The van der Waals surface area contributed by atoms with E-state index in [2.05, 4.69) is 17.1 Å². The van der Waals surface area contributed by atoms with Crippen LogP contribution in [-0.4, -0.2) is 46.6 Å². The predicted octanol–water partition coefficient (Wildman–Crippen LogP) is 4.37. The molecule has 6 heteroatoms. The summed E-state index contributed by atoms with van der Waals surface area (Å²) < 4.78 is 5.44. The second-order valence-electron chi connectivity index (χ2n) is 7.03. The lowest BCUT2D eigenvalue weighted by molar-refractivity contribution is 0.00387. The summed E-state index contributed by atoms with van der Waals surface area (Å²) in [5.41, 5.74) is 2.92. The molecule has 4 heterocycles. The fourth-order valence-electron chi connectivity index (χ4n) is 3.59. The molecule has 1 amide bonds. The number of carbonyl (C=O) groups is 1. The highest BCUT2D eigenvalue weighted by Crippen LogP contribution is 2.30. The standard InChI is InChI=1S/C22H19N3O2S/c1-14-13-27-10-9-25(14)22(26)20-12-17-5-7-19(24-21(17)28-20)16-4-6-18-15(11-16)3-2-8-23-18/h2-8,11-12,14H,9-10,13H2,1H3. The minimum atomic E-state index is 0.0668. The number of carbonyl (C=O) groups excluding carboxylic acids is 1. The molecule has 140 valence electrons. The first kappa shape index (κ1) is 17.3. The van der Waals surface area contributed by atoms with Crippen molar-refractivity contribution in [3.8, 4) is 11.3 Å². The third-order valence-corrected chi connectivity index (χ3v) is 6.15. The summed E-state index contributed by atoms with van der Waals surface area (Å²) in [6, 6.07) is 16.2. The zero-order valence-electron chi connectivity index (χ0n) is 15.5. The molecule has 1 saturated heterocycles. The SMILES string of the molecule is CC1COCCN1C(=O)c1cc2ccc(-c3ccc4ncccc4c3)nc2s1. The first-order chi connectivity index (χ1) is 13.7. The average Bonchev–Trinajstić information content (AvgIpc) is 3.16. The van der Waals surface area contributed by atoms with Gasteiger partial charge in [0.05, 0.1) is 35.3 Å². The Morgan fingerprint density at radius 1 is 1.18 bits per heavy atom. The van der Waals surface area contributed by atoms with E-state index in [1.54, 1.807) is 6.20 Å². The largest absolute Gasteiger partial charge is 0.377 e. The zero-order valence-corrected chi connectivity index (χ0v) is 16.3. The minimum Gasteiger partial charge on any atom is -0.377 e. The Morgan fingerprint density at radius 2 is 2.11 bits per heavy atom. The highest BCUT2D eigenvalue weighted by atomic mass is 32.1. The second-order valence-corrected chi connectivity index (χ2v) is 8.07. The lowest BCUT2D eigenvalue weighted by Gasteiger charge is -2.32. The summed E-state index contributed by atoms with van der Waals surface area (Å²) in [5, 5.41) is 2.09. The summed E-state index contributed by atoms with van der Waals surface area (Å²) in [6.45, 7) is 3.85. The molecule has 1 atom stereocenters. The van der Waals surface area contributed by atoms with Crippen LogP contribution in [0.3, 0.4) is 0 Å². The number of fused-ring (bicyclic) bond motifs is 2. The van der Waals surface area contributed by atoms with Gasteiger partial charge in [0.2, 0.25) is 0 Å². The van der Waals surface area contributed by atoms with Crippen LogP contribution in [0.1, 0.15) is 16.6 Å². The van der Waals surface area contributed by atoms with Crippen LogP contribution in [0.2, 0.25) is 0 Å². The molecule has 0 spiro atoms. The van der Waals surface area contributed by atoms with Crippen LogP contribution >= 0.6 is 11.3 Å². The topological polar surface area (TPSA) is 55.3 Å². The molecule has 5 rings (SSSR count). The van der Waals surface area contributed by atoms with E-state index in [4.69, 9.17) is 9.72 Å². The van der Waals surface area contributed by atoms with E-state index in [9.17, 15) is 4.79 Å². The number of amides is 1. The van der Waals surface area contributed by atoms with Gasteiger partial charge in [0.25, 0.3) is 5.91 Å². The lowest BCUT2D eigenvalue weighted by Crippen LogP contribution is -2.46. The van der Waals surface area contributed by atoms with Crippen LogP contribution in [-0.2, 0) is 4.74 Å². The maximum absolute atomic E-state index is 12.9. The number of hydrogen-bond donors (Lipinski definition) is 0. The first-order valence-electron chi connectivity index (χ1n) is 9.33. The number of pyridine rings is 2. The van der Waals surface area contributed by atoms with Crippen molar-refractivity contribution in [2.45, 2.75) is 13.0 Å². The Hall–Kier alpha value is -2.83. The summed E-state index contributed by atoms with van der Waals surface area (Å²) in [4.78, 5) is 25.6. The third-order valence-electron chi connectivity index (χ3n) is 5.12. The molecule has 1 aliphatic heterocycles. The number of ether oxygens (including phenoxy) is 1. The van der Waals surface area contributed by atoms with Gasteiger partial charge < -0.3 is 9.64 Å². The van der Waals surface area contributed by atoms with Crippen LogP contribution in [0.15, 0.2) is 54.7 Å². The van der Waals surface area contributed by atoms with E-state index in [1.165, 1.54) is 11.3 Å². The van der Waals surface area contributed by atoms with Gasteiger partial charge in [-0.2, -0.15) is 0 Å². The predicted molar refractivity (Wildman–Crippen MR) is 112 cm³/mol. The Labute approximate surface area is 166 Å². The molecule has 0 aliphatic carbocycles. The van der Waals surface area contributed by atoms with Crippen molar-refractivity contribution in [1.29, 1.82) is 0 Å². The molecular formula is C22H19N3O2S. The normalized spacial score (nSPS) is 17.3. The van der Waals surface area contributed by atoms with Crippen LogP contribution in [0.25, 0.3) is 32.4 Å². The van der Waals surface area contributed by atoms with E-state index in [0.29, 0.717) is 19.8 Å². The second kappa shape index (κ2) is 6.96. The van der Waals surface area contributed by atoms with Crippen LogP contribution in [0, 0.1) is 0 Å². The zero-order chi connectivity index (χ0) is 19.1. The molecule has 0 radical (unpaired) electrons. The monoisotopic (exact) mass is 389 g/mol. The summed E-state index contributed by atoms with van der Waals surface area (Å²) >= 11 is 1.46. The number of thiophene rings is 1. The molecule has 0 saturated carbocycles.